The maximum Gasteiger partial charge on any atom is 0.270 e. The van der Waals surface area contributed by atoms with E-state index in [0.29, 0.717) is 5.56 Å². The minimum Gasteiger partial charge on any atom is -0.384 e. The van der Waals surface area contributed by atoms with E-state index in [0.717, 1.165) is 15.5 Å². The molecule has 0 spiro atoms. The smallest absolute Gasteiger partial charge is 0.270 e. The fourth-order valence-electron chi connectivity index (χ4n) is 2.16. The highest BCUT2D eigenvalue weighted by molar-refractivity contribution is 6.21. The van der Waals surface area contributed by atoms with Gasteiger partial charge in [0.2, 0.25) is 0 Å². The summed E-state index contributed by atoms with van der Waals surface area (Å²) in [6, 6.07) is 16.2. The molecule has 0 saturated carbocycles. The van der Waals surface area contributed by atoms with Gasteiger partial charge in [-0.1, -0.05) is 54.6 Å². The number of amides is 1. The number of amidine groups is 1. The van der Waals surface area contributed by atoms with Gasteiger partial charge in [0, 0.05) is 24.4 Å². The molecule has 2 aromatic carbocycles. The Labute approximate surface area is 140 Å². The molecule has 2 aromatic rings. The van der Waals surface area contributed by atoms with Gasteiger partial charge < -0.3 is 10.5 Å². The fraction of sp³-hybridized carbons (Fsp3) is 0.176. The number of methoxy groups -OCH3 is 1. The molecule has 2 rings (SSSR count). The Morgan fingerprint density at radius 3 is 2.35 bits per heavy atom. The van der Waals surface area contributed by atoms with Gasteiger partial charge in [-0.25, -0.2) is 4.42 Å². The third-order valence-corrected chi connectivity index (χ3v) is 3.67. The first-order valence-corrected chi connectivity index (χ1v) is 7.35. The van der Waals surface area contributed by atoms with Gasteiger partial charge in [-0.05, 0) is 11.1 Å². The van der Waals surface area contributed by atoms with E-state index < -0.39 is 6.10 Å². The number of nitrogens with two attached hydrogens (primary N) is 1. The fourth-order valence-corrected chi connectivity index (χ4v) is 2.39. The van der Waals surface area contributed by atoms with E-state index in [9.17, 15) is 4.79 Å². The number of nitrogen functional groups attached to an aromatic ring is 1. The number of hydrogen-bond donors (Lipinski definition) is 2. The third-order valence-electron chi connectivity index (χ3n) is 3.39. The van der Waals surface area contributed by atoms with Crippen LogP contribution >= 0.6 is 11.8 Å². The summed E-state index contributed by atoms with van der Waals surface area (Å²) >= 11 is 6.13. The normalized spacial score (nSPS) is 11.7. The Morgan fingerprint density at radius 2 is 1.83 bits per heavy atom. The average Bonchev–Trinajstić information content (AvgIpc) is 2.57. The summed E-state index contributed by atoms with van der Waals surface area (Å²) < 4.78 is 6.39. The molecule has 1 amide bonds. The Bertz CT molecular complexity index is 674. The molecule has 1 atom stereocenters. The van der Waals surface area contributed by atoms with Crippen LogP contribution in [0.5, 0.6) is 0 Å². The quantitative estimate of drug-likeness (QED) is 0.485. The number of benzene rings is 2. The molecule has 0 saturated heterocycles. The molecule has 0 fully saturated rings. The van der Waals surface area contributed by atoms with Gasteiger partial charge in [0.1, 0.15) is 5.84 Å². The van der Waals surface area contributed by atoms with Crippen molar-refractivity contribution in [1.29, 1.82) is 5.41 Å². The number of carbonyl (C=O) groups excluding carboxylic acids is 1. The maximum atomic E-state index is 12.5. The number of nitrogens with zero attached hydrogens (tertiary/aromatic N) is 1. The van der Waals surface area contributed by atoms with Crippen molar-refractivity contribution in [2.45, 2.75) is 12.6 Å². The van der Waals surface area contributed by atoms with Crippen molar-refractivity contribution in [2.24, 2.45) is 5.73 Å². The molecule has 3 N–H and O–H groups in total. The summed E-state index contributed by atoms with van der Waals surface area (Å²) in [6.07, 6.45) is -0.745. The topological polar surface area (TPSA) is 79.4 Å². The van der Waals surface area contributed by atoms with Crippen LogP contribution in [0.4, 0.5) is 0 Å². The second-order valence-electron chi connectivity index (χ2n) is 5.00. The predicted molar refractivity (Wildman–Crippen MR) is 90.1 cm³/mol. The second-order valence-corrected chi connectivity index (χ2v) is 5.40. The molecule has 0 bridgehead atoms. The van der Waals surface area contributed by atoms with Gasteiger partial charge in [-0.2, -0.15) is 0 Å². The Morgan fingerprint density at radius 1 is 1.22 bits per heavy atom. The highest BCUT2D eigenvalue weighted by Crippen LogP contribution is 2.21. The van der Waals surface area contributed by atoms with Crippen LogP contribution in [0.15, 0.2) is 54.6 Å². The lowest BCUT2D eigenvalue weighted by Gasteiger charge is -2.21. The molecule has 120 valence electrons. The van der Waals surface area contributed by atoms with Gasteiger partial charge in [0.25, 0.3) is 5.91 Å². The second kappa shape index (κ2) is 7.76. The van der Waals surface area contributed by atoms with Crippen LogP contribution in [0.2, 0.25) is 0 Å². The van der Waals surface area contributed by atoms with E-state index in [-0.39, 0.29) is 18.3 Å². The molecule has 0 aliphatic heterocycles. The lowest BCUT2D eigenvalue weighted by molar-refractivity contribution is -0.137. The van der Waals surface area contributed by atoms with E-state index >= 15 is 0 Å². The van der Waals surface area contributed by atoms with Gasteiger partial charge in [-0.3, -0.25) is 10.2 Å². The average molecular weight is 332 g/mol. The van der Waals surface area contributed by atoms with Crippen molar-refractivity contribution < 1.29 is 9.53 Å². The zero-order valence-corrected chi connectivity index (χ0v) is 13.5. The van der Waals surface area contributed by atoms with Crippen LogP contribution in [0.3, 0.4) is 0 Å². The van der Waals surface area contributed by atoms with E-state index in [1.54, 1.807) is 24.3 Å². The lowest BCUT2D eigenvalue weighted by atomic mass is 10.1. The number of carbonyl (C=O) groups is 1. The molecule has 0 heterocycles. The van der Waals surface area contributed by atoms with Gasteiger partial charge in [0.05, 0.1) is 6.54 Å². The van der Waals surface area contributed by atoms with Gasteiger partial charge >= 0.3 is 0 Å². The van der Waals surface area contributed by atoms with Gasteiger partial charge in [-0.15, -0.1) is 0 Å². The largest absolute Gasteiger partial charge is 0.384 e. The summed E-state index contributed by atoms with van der Waals surface area (Å²) in [7, 11) is 1.47. The molecule has 0 aliphatic carbocycles. The van der Waals surface area contributed by atoms with E-state index in [1.807, 2.05) is 30.3 Å². The molecule has 0 aromatic heterocycles. The molecule has 0 unspecified atom stereocenters. The first kappa shape index (κ1) is 17.0. The van der Waals surface area contributed by atoms with Gasteiger partial charge in [0.15, 0.2) is 6.10 Å². The van der Waals surface area contributed by atoms with E-state index in [1.165, 1.54) is 7.11 Å². The number of hydrogen-bond acceptors (Lipinski definition) is 3. The summed E-state index contributed by atoms with van der Waals surface area (Å²) in [5, 5.41) is 7.36. The van der Waals surface area contributed by atoms with Crippen LogP contribution in [-0.4, -0.2) is 23.3 Å². The highest BCUT2D eigenvalue weighted by Gasteiger charge is 2.25. The summed E-state index contributed by atoms with van der Waals surface area (Å²) in [5.74, 6) is -0.338. The Kier molecular flexibility index (Phi) is 5.73. The number of nitrogens with one attached hydrogen (secondary N) is 1. The highest BCUT2D eigenvalue weighted by atomic mass is 35.5. The van der Waals surface area contributed by atoms with Crippen molar-refractivity contribution in [1.82, 2.24) is 4.42 Å². The molecule has 0 aliphatic rings. The van der Waals surface area contributed by atoms with E-state index in [2.05, 4.69) is 0 Å². The zero-order valence-electron chi connectivity index (χ0n) is 12.7. The number of ether oxygens (including phenoxy) is 1. The molecule has 0 radical (unpaired) electrons. The Balaban J connectivity index is 2.08. The monoisotopic (exact) mass is 331 g/mol. The maximum absolute atomic E-state index is 12.5. The molecule has 23 heavy (non-hydrogen) atoms. The first-order valence-electron chi connectivity index (χ1n) is 7.01. The number of halogens is 1. The minimum absolute atomic E-state index is 0.00104. The van der Waals surface area contributed by atoms with Crippen LogP contribution < -0.4 is 5.73 Å². The standard InChI is InChI=1S/C17H18ClN3O2/c1-23-15(13-5-3-2-4-6-13)17(22)21(18)11-12-7-9-14(10-8-12)16(19)20/h2-10,15H,11H2,1H3,(H3,19,20)/t15-/m0/s1. The first-order chi connectivity index (χ1) is 11.0. The molecule has 5 nitrogen and oxygen atoms in total. The SMILES string of the molecule is CO[C@H](C(=O)N(Cl)Cc1ccc(C(=N)N)cc1)c1ccccc1. The van der Waals surface area contributed by atoms with Crippen molar-refractivity contribution in [3.63, 3.8) is 0 Å². The summed E-state index contributed by atoms with van der Waals surface area (Å²) in [6.45, 7) is 0.227. The van der Waals surface area contributed by atoms with Crippen LogP contribution in [-0.2, 0) is 16.1 Å². The van der Waals surface area contributed by atoms with Crippen LogP contribution in [0.25, 0.3) is 0 Å². The predicted octanol–water partition coefficient (Wildman–Crippen LogP) is 2.84. The van der Waals surface area contributed by atoms with Crippen LogP contribution in [0, 0.1) is 5.41 Å². The van der Waals surface area contributed by atoms with Crippen molar-refractivity contribution >= 4 is 23.5 Å². The minimum atomic E-state index is -0.745. The van der Waals surface area contributed by atoms with Crippen molar-refractivity contribution in [3.05, 3.63) is 71.3 Å². The van der Waals surface area contributed by atoms with E-state index in [4.69, 9.17) is 27.7 Å². The lowest BCUT2D eigenvalue weighted by Crippen LogP contribution is -2.28. The number of rotatable bonds is 6. The molecular formula is C17H18ClN3O2. The summed E-state index contributed by atoms with van der Waals surface area (Å²) in [5.41, 5.74) is 7.62. The van der Waals surface area contributed by atoms with Crippen molar-refractivity contribution in [3.8, 4) is 0 Å². The molecule has 6 heteroatoms. The zero-order chi connectivity index (χ0) is 16.8. The van der Waals surface area contributed by atoms with Crippen LogP contribution in [0.1, 0.15) is 22.8 Å². The molecular weight excluding hydrogens is 314 g/mol. The van der Waals surface area contributed by atoms with Crippen molar-refractivity contribution in [2.75, 3.05) is 7.11 Å². The Hall–Kier alpha value is -2.37. The third kappa shape index (κ3) is 4.31. The summed E-state index contributed by atoms with van der Waals surface area (Å²) in [4.78, 5) is 12.5.